The predicted octanol–water partition coefficient (Wildman–Crippen LogP) is 1.97. The van der Waals surface area contributed by atoms with E-state index in [0.717, 1.165) is 12.1 Å². The van der Waals surface area contributed by atoms with E-state index in [1.54, 1.807) is 0 Å². The Kier molecular flexibility index (Phi) is 6.18. The minimum absolute atomic E-state index is 0.275. The Labute approximate surface area is 160 Å². The Bertz CT molecular complexity index is 951. The van der Waals surface area contributed by atoms with E-state index in [-0.39, 0.29) is 12.5 Å². The van der Waals surface area contributed by atoms with E-state index in [1.807, 2.05) is 0 Å². The predicted molar refractivity (Wildman–Crippen MR) is 95.3 cm³/mol. The van der Waals surface area contributed by atoms with Crippen molar-refractivity contribution < 1.29 is 27.9 Å². The Balaban J connectivity index is 2.42. The lowest BCUT2D eigenvalue weighted by atomic mass is 10.2. The molecule has 0 saturated carbocycles. The van der Waals surface area contributed by atoms with Gasteiger partial charge in [-0.25, -0.2) is 32.3 Å². The summed E-state index contributed by atoms with van der Waals surface area (Å²) in [5.74, 6) is -1.41. The van der Waals surface area contributed by atoms with Crippen LogP contribution in [0.5, 0.6) is 5.75 Å². The van der Waals surface area contributed by atoms with Crippen molar-refractivity contribution in [3.8, 4) is 5.75 Å². The van der Waals surface area contributed by atoms with Gasteiger partial charge < -0.3 is 9.84 Å². The fourth-order valence-electron chi connectivity index (χ4n) is 2.09. The van der Waals surface area contributed by atoms with Crippen LogP contribution in [0, 0.1) is 0 Å². The highest BCUT2D eigenvalue weighted by molar-refractivity contribution is 7.89. The fourth-order valence-corrected chi connectivity index (χ4v) is 3.87. The number of rotatable bonds is 6. The molecule has 1 heterocycles. The molecule has 1 N–H and O–H groups in total. The van der Waals surface area contributed by atoms with E-state index in [1.165, 1.54) is 38.6 Å². The first-order valence-corrected chi connectivity index (χ1v) is 9.22. The molecule has 10 nitrogen and oxygen atoms in total. The van der Waals surface area contributed by atoms with E-state index in [0.29, 0.717) is 14.5 Å². The third-order valence-electron chi connectivity index (χ3n) is 3.38. The Morgan fingerprint density at radius 2 is 1.81 bits per heavy atom. The van der Waals surface area contributed by atoms with Crippen molar-refractivity contribution in [3.63, 3.8) is 0 Å². The number of hydrogen-bond donors (Lipinski definition) is 1. The molecular weight excluding hydrogens is 400 g/mol. The third kappa shape index (κ3) is 4.09. The second kappa shape index (κ2) is 8.18. The van der Waals surface area contributed by atoms with Crippen LogP contribution in [-0.4, -0.2) is 53.5 Å². The zero-order valence-electron chi connectivity index (χ0n) is 14.2. The highest BCUT2D eigenvalue weighted by Gasteiger charge is 2.35. The largest absolute Gasteiger partial charge is 0.494 e. The van der Waals surface area contributed by atoms with Crippen LogP contribution in [0.15, 0.2) is 41.6 Å². The number of sulfonamides is 1. The maximum atomic E-state index is 12.9. The SMILES string of the molecule is CCN(C(=O)N(Cl)c1ncc(OC)cn1)S(=O)(=O)c1ccccc1C(=O)O. The summed E-state index contributed by atoms with van der Waals surface area (Å²) in [5, 5.41) is 9.22. The van der Waals surface area contributed by atoms with Crippen LogP contribution in [-0.2, 0) is 10.0 Å². The zero-order chi connectivity index (χ0) is 20.2. The van der Waals surface area contributed by atoms with Crippen LogP contribution >= 0.6 is 11.8 Å². The van der Waals surface area contributed by atoms with Gasteiger partial charge in [-0.15, -0.1) is 0 Å². The minimum atomic E-state index is -4.50. The number of carbonyl (C=O) groups is 2. The van der Waals surface area contributed by atoms with E-state index >= 15 is 0 Å². The molecule has 12 heteroatoms. The molecule has 2 rings (SSSR count). The summed E-state index contributed by atoms with van der Waals surface area (Å²) in [7, 11) is -3.10. The highest BCUT2D eigenvalue weighted by Crippen LogP contribution is 2.23. The van der Waals surface area contributed by atoms with Gasteiger partial charge in [0.15, 0.2) is 5.75 Å². The van der Waals surface area contributed by atoms with Crippen molar-refractivity contribution >= 4 is 39.7 Å². The topological polar surface area (TPSA) is 130 Å². The van der Waals surface area contributed by atoms with Gasteiger partial charge >= 0.3 is 12.0 Å². The molecule has 0 radical (unpaired) electrons. The molecule has 0 spiro atoms. The van der Waals surface area contributed by atoms with E-state index in [9.17, 15) is 23.1 Å². The van der Waals surface area contributed by atoms with Gasteiger partial charge in [-0.05, 0) is 19.1 Å². The number of halogens is 1. The standard InChI is InChI=1S/C15H15ClN4O6S/c1-3-19(15(23)20(16)14-17-8-10(26-2)9-18-14)27(24,25)12-7-5-4-6-11(12)13(21)22/h4-9H,3H2,1-2H3,(H,21,22). The van der Waals surface area contributed by atoms with Gasteiger partial charge in [0.2, 0.25) is 5.95 Å². The second-order valence-corrected chi connectivity index (χ2v) is 7.13. The summed E-state index contributed by atoms with van der Waals surface area (Å²) in [6.45, 7) is 1.10. The first-order chi connectivity index (χ1) is 12.7. The number of urea groups is 1. The first-order valence-electron chi connectivity index (χ1n) is 7.45. The van der Waals surface area contributed by atoms with Gasteiger partial charge in [-0.3, -0.25) is 0 Å². The number of nitrogens with zero attached hydrogens (tertiary/aromatic N) is 4. The highest BCUT2D eigenvalue weighted by atomic mass is 35.5. The Morgan fingerprint density at radius 3 is 2.33 bits per heavy atom. The van der Waals surface area contributed by atoms with E-state index < -0.39 is 32.5 Å². The number of hydrogen-bond acceptors (Lipinski definition) is 7. The van der Waals surface area contributed by atoms with Crippen LogP contribution in [0.1, 0.15) is 17.3 Å². The van der Waals surface area contributed by atoms with Gasteiger partial charge in [0.05, 0.1) is 25.1 Å². The molecule has 1 aromatic heterocycles. The summed E-state index contributed by atoms with van der Waals surface area (Å²) in [5.41, 5.74) is -0.467. The summed E-state index contributed by atoms with van der Waals surface area (Å²) in [6, 6.07) is 3.78. The monoisotopic (exact) mass is 414 g/mol. The zero-order valence-corrected chi connectivity index (χ0v) is 15.8. The smallest absolute Gasteiger partial charge is 0.355 e. The lowest BCUT2D eigenvalue weighted by molar-refractivity contribution is 0.0692. The van der Waals surface area contributed by atoms with E-state index in [2.05, 4.69) is 9.97 Å². The van der Waals surface area contributed by atoms with Crippen molar-refractivity contribution in [2.75, 3.05) is 18.1 Å². The average molecular weight is 415 g/mol. The van der Waals surface area contributed by atoms with Crippen LogP contribution < -0.4 is 9.16 Å². The molecule has 0 fully saturated rings. The maximum Gasteiger partial charge on any atom is 0.355 e. The lowest BCUT2D eigenvalue weighted by Gasteiger charge is -2.24. The van der Waals surface area contributed by atoms with Crippen LogP contribution in [0.25, 0.3) is 0 Å². The molecule has 0 unspecified atom stereocenters. The fraction of sp³-hybridized carbons (Fsp3) is 0.200. The van der Waals surface area contributed by atoms with Crippen molar-refractivity contribution in [2.45, 2.75) is 11.8 Å². The molecule has 0 bridgehead atoms. The average Bonchev–Trinajstić information content (AvgIpc) is 2.67. The lowest BCUT2D eigenvalue weighted by Crippen LogP contribution is -2.43. The normalized spacial score (nSPS) is 10.9. The van der Waals surface area contributed by atoms with Crippen molar-refractivity contribution in [1.82, 2.24) is 14.3 Å². The molecule has 1 aromatic carbocycles. The second-order valence-electron chi connectivity index (χ2n) is 4.96. The van der Waals surface area contributed by atoms with Crippen LogP contribution in [0.4, 0.5) is 10.7 Å². The maximum absolute atomic E-state index is 12.9. The minimum Gasteiger partial charge on any atom is -0.494 e. The number of carboxylic acids is 1. The number of benzene rings is 1. The van der Waals surface area contributed by atoms with Crippen molar-refractivity contribution in [1.29, 1.82) is 0 Å². The first kappa shape index (κ1) is 20.4. The summed E-state index contributed by atoms with van der Waals surface area (Å²) in [6.07, 6.45) is 2.49. The molecule has 144 valence electrons. The summed E-state index contributed by atoms with van der Waals surface area (Å²) < 4.78 is 31.5. The molecule has 2 amide bonds. The van der Waals surface area contributed by atoms with Crippen LogP contribution in [0.2, 0.25) is 0 Å². The summed E-state index contributed by atoms with van der Waals surface area (Å²) >= 11 is 5.92. The quantitative estimate of drug-likeness (QED) is 0.710. The van der Waals surface area contributed by atoms with Gasteiger partial charge in [0.25, 0.3) is 10.0 Å². The molecule has 0 aliphatic rings. The molecule has 0 aliphatic heterocycles. The third-order valence-corrected chi connectivity index (χ3v) is 5.58. The van der Waals surface area contributed by atoms with Gasteiger partial charge in [-0.2, -0.15) is 4.42 Å². The number of anilines is 1. The number of carboxylic acid groups (broad SMARTS) is 1. The number of carbonyl (C=O) groups excluding carboxylic acids is 1. The number of amides is 2. The number of ether oxygens (including phenoxy) is 1. The molecule has 2 aromatic rings. The number of methoxy groups -OCH3 is 1. The van der Waals surface area contributed by atoms with Gasteiger partial charge in [0, 0.05) is 18.3 Å². The summed E-state index contributed by atoms with van der Waals surface area (Å²) in [4.78, 5) is 31.0. The number of aromatic nitrogens is 2. The number of aromatic carboxylic acids is 1. The molecule has 0 aliphatic carbocycles. The van der Waals surface area contributed by atoms with Crippen molar-refractivity contribution in [2.24, 2.45) is 0 Å². The van der Waals surface area contributed by atoms with Gasteiger partial charge in [0.1, 0.15) is 4.90 Å². The molecule has 0 atom stereocenters. The van der Waals surface area contributed by atoms with Gasteiger partial charge in [-0.1, -0.05) is 12.1 Å². The van der Waals surface area contributed by atoms with E-state index in [4.69, 9.17) is 16.5 Å². The molecular formula is C15H15ClN4O6S. The molecule has 27 heavy (non-hydrogen) atoms. The van der Waals surface area contributed by atoms with Crippen molar-refractivity contribution in [3.05, 3.63) is 42.2 Å². The Hall–Kier alpha value is -2.92. The molecule has 0 saturated heterocycles. The Morgan fingerprint density at radius 1 is 1.22 bits per heavy atom. The van der Waals surface area contributed by atoms with Crippen LogP contribution in [0.3, 0.4) is 0 Å².